The molecular formula is C39H47FN2O17. The van der Waals surface area contributed by atoms with Gasteiger partial charge in [0.05, 0.1) is 38.6 Å². The van der Waals surface area contributed by atoms with Crippen LogP contribution in [0.1, 0.15) is 82.5 Å². The van der Waals surface area contributed by atoms with E-state index in [1.165, 1.54) is 37.5 Å². The number of hydrogen-bond acceptors (Lipinski definition) is 17. The van der Waals surface area contributed by atoms with E-state index in [1.807, 2.05) is 0 Å². The molecule has 5 rings (SSSR count). The van der Waals surface area contributed by atoms with Gasteiger partial charge in [-0.15, -0.1) is 20.2 Å². The van der Waals surface area contributed by atoms with Crippen LogP contribution in [0.2, 0.25) is 0 Å². The summed E-state index contributed by atoms with van der Waals surface area (Å²) in [6, 6.07) is 3.71. The summed E-state index contributed by atoms with van der Waals surface area (Å²) in [7, 11) is 1.24. The highest BCUT2D eigenvalue weighted by Gasteiger charge is 2.77. The zero-order valence-electron chi connectivity index (χ0n) is 33.0. The third-order valence-electron chi connectivity index (χ3n) is 12.4. The molecule has 0 saturated heterocycles. The Morgan fingerprint density at radius 1 is 0.966 bits per heavy atom. The Balaban J connectivity index is 1.34. The molecule has 0 heterocycles. The van der Waals surface area contributed by atoms with Crippen LogP contribution in [0.15, 0.2) is 42.0 Å². The Morgan fingerprint density at radius 3 is 2.32 bits per heavy atom. The molecule has 19 nitrogen and oxygen atoms in total. The number of carbonyl (C=O) groups excluding carboxylic acids is 5. The predicted molar refractivity (Wildman–Crippen MR) is 196 cm³/mol. The summed E-state index contributed by atoms with van der Waals surface area (Å²) in [6.45, 7) is 3.27. The molecule has 0 bridgehead atoms. The van der Waals surface area contributed by atoms with Gasteiger partial charge in [0.25, 0.3) is 10.2 Å². The molecule has 0 aliphatic heterocycles. The van der Waals surface area contributed by atoms with E-state index in [2.05, 4.69) is 9.68 Å². The minimum Gasteiger partial charge on any atom is -0.493 e. The number of hydrogen-bond donors (Lipinski definition) is 1. The molecule has 0 aromatic heterocycles. The number of esters is 2. The van der Waals surface area contributed by atoms with Crippen molar-refractivity contribution in [1.29, 1.82) is 0 Å². The maximum atomic E-state index is 17.8. The van der Waals surface area contributed by atoms with Crippen molar-refractivity contribution in [2.24, 2.45) is 28.6 Å². The number of benzene rings is 1. The number of nitrogens with zero attached hydrogens (tertiary/aromatic N) is 2. The lowest BCUT2D eigenvalue weighted by atomic mass is 9.45. The first-order chi connectivity index (χ1) is 27.8. The number of methoxy groups -OCH3 is 1. The van der Waals surface area contributed by atoms with Crippen molar-refractivity contribution in [3.05, 3.63) is 67.8 Å². The van der Waals surface area contributed by atoms with Crippen LogP contribution in [-0.2, 0) is 38.3 Å². The fourth-order valence-electron chi connectivity index (χ4n) is 9.71. The molecule has 0 amide bonds. The number of fused-ring (bicyclic) bond motifs is 5. The van der Waals surface area contributed by atoms with Gasteiger partial charge in [-0.25, -0.2) is 14.0 Å². The van der Waals surface area contributed by atoms with Gasteiger partial charge in [-0.05, 0) is 75.6 Å². The van der Waals surface area contributed by atoms with Gasteiger partial charge in [-0.1, -0.05) is 31.6 Å². The number of carbonyl (C=O) groups is 5. The molecule has 59 heavy (non-hydrogen) atoms. The van der Waals surface area contributed by atoms with Gasteiger partial charge < -0.3 is 38.5 Å². The number of alkyl halides is 1. The van der Waals surface area contributed by atoms with Crippen molar-refractivity contribution in [1.82, 2.24) is 0 Å². The minimum atomic E-state index is -2.26. The molecule has 4 aliphatic carbocycles. The van der Waals surface area contributed by atoms with Gasteiger partial charge >= 0.3 is 18.1 Å². The third-order valence-corrected chi connectivity index (χ3v) is 12.4. The average molecular weight is 835 g/mol. The molecule has 0 spiro atoms. The Labute approximate surface area is 337 Å². The Bertz CT molecular complexity index is 1920. The summed E-state index contributed by atoms with van der Waals surface area (Å²) in [4.78, 5) is 95.3. The van der Waals surface area contributed by atoms with Crippen LogP contribution in [0.5, 0.6) is 11.5 Å². The number of halogens is 1. The quantitative estimate of drug-likeness (QED) is 0.0396. The molecule has 1 N–H and O–H groups in total. The van der Waals surface area contributed by atoms with Crippen molar-refractivity contribution in [2.75, 3.05) is 33.5 Å². The number of ether oxygens (including phenoxy) is 5. The lowest BCUT2D eigenvalue weighted by Crippen LogP contribution is -2.69. The molecule has 1 aromatic rings. The SMILES string of the molecule is COc1cc(C(=O)OCCCCO[N+](=O)[O-])ccc1OC(=O)OCC(=O)[C@@]1(OC(=O)CCCO[N+](=O)[O-])[C@@H](C)CC2C3CC=C4CC(=O)C=C[C@]4(C)[C@@]3(F)[C@@H](O)C[C@@]21C. The van der Waals surface area contributed by atoms with Gasteiger partial charge in [0, 0.05) is 35.5 Å². The van der Waals surface area contributed by atoms with E-state index < -0.39 is 99.6 Å². The fraction of sp³-hybridized carbons (Fsp3) is 0.615. The van der Waals surface area contributed by atoms with E-state index in [0.29, 0.717) is 5.57 Å². The summed E-state index contributed by atoms with van der Waals surface area (Å²) in [5.41, 5.74) is -6.52. The fourth-order valence-corrected chi connectivity index (χ4v) is 9.71. The zero-order valence-corrected chi connectivity index (χ0v) is 33.0. The maximum absolute atomic E-state index is 17.8. The standard InChI is InChI=1S/C39H47FN2O17/c1-23-18-28-27-11-10-25-20-26(43)13-14-36(25,2)38(27,40)31(44)21-37(28,3)39(23,59-33(46)8-7-17-57-42(51)52)32(45)22-55-35(48)58-29-12-9-24(19-30(29)53-4)34(47)54-15-5-6-16-56-41(49)50/h9-10,12-14,19,23,27-28,31,44H,5-8,11,15-18,20-22H2,1-4H3/t23-,27?,28?,31-,36-,37-,38-,39-/m0/s1. The van der Waals surface area contributed by atoms with E-state index in [9.17, 15) is 49.3 Å². The molecule has 4 aliphatic rings. The summed E-state index contributed by atoms with van der Waals surface area (Å²) in [5, 5.41) is 30.8. The number of aliphatic hydroxyl groups is 1. The summed E-state index contributed by atoms with van der Waals surface area (Å²) < 4.78 is 44.9. The van der Waals surface area contributed by atoms with Crippen molar-refractivity contribution < 1.29 is 77.0 Å². The van der Waals surface area contributed by atoms with Gasteiger partial charge in [0.1, 0.15) is 0 Å². The van der Waals surface area contributed by atoms with E-state index in [-0.39, 0.29) is 81.0 Å². The first-order valence-electron chi connectivity index (χ1n) is 19.1. The predicted octanol–water partition coefficient (Wildman–Crippen LogP) is 4.81. The van der Waals surface area contributed by atoms with Gasteiger partial charge in [0.15, 0.2) is 35.2 Å². The van der Waals surface area contributed by atoms with Crippen LogP contribution in [0, 0.1) is 48.8 Å². The van der Waals surface area contributed by atoms with Crippen LogP contribution < -0.4 is 9.47 Å². The maximum Gasteiger partial charge on any atom is 0.514 e. The van der Waals surface area contributed by atoms with E-state index in [4.69, 9.17) is 23.7 Å². The highest BCUT2D eigenvalue weighted by molar-refractivity contribution is 5.95. The van der Waals surface area contributed by atoms with Crippen molar-refractivity contribution >= 4 is 29.7 Å². The number of Topliss-reactive ketones (excluding diaryl/α,β-unsaturated/α-hetero) is 1. The number of ketones is 2. The second kappa shape index (κ2) is 17.7. The van der Waals surface area contributed by atoms with Crippen LogP contribution in [0.25, 0.3) is 0 Å². The number of unbranched alkanes of at least 4 members (excludes halogenated alkanes) is 1. The van der Waals surface area contributed by atoms with Crippen LogP contribution >= 0.6 is 0 Å². The molecule has 322 valence electrons. The highest BCUT2D eigenvalue weighted by atomic mass is 19.1. The Kier molecular flexibility index (Phi) is 13.3. The van der Waals surface area contributed by atoms with E-state index in [1.54, 1.807) is 26.8 Å². The Morgan fingerprint density at radius 2 is 1.64 bits per heavy atom. The van der Waals surface area contributed by atoms with Gasteiger partial charge in [-0.2, -0.15) is 0 Å². The Hall–Kier alpha value is -5.66. The summed E-state index contributed by atoms with van der Waals surface area (Å²) >= 11 is 0. The first kappa shape index (κ1) is 44.4. The van der Waals surface area contributed by atoms with Gasteiger partial charge in [0.2, 0.25) is 5.78 Å². The van der Waals surface area contributed by atoms with Gasteiger partial charge in [-0.3, -0.25) is 14.4 Å². The smallest absolute Gasteiger partial charge is 0.493 e. The summed E-state index contributed by atoms with van der Waals surface area (Å²) in [5.74, 6) is -5.40. The minimum absolute atomic E-state index is 0.0000663. The molecule has 20 heteroatoms. The second-order valence-corrected chi connectivity index (χ2v) is 15.6. The summed E-state index contributed by atoms with van der Waals surface area (Å²) in [6.07, 6.45) is 1.49. The molecule has 1 aromatic carbocycles. The largest absolute Gasteiger partial charge is 0.514 e. The molecule has 0 radical (unpaired) electrons. The molecular weight excluding hydrogens is 787 g/mol. The van der Waals surface area contributed by atoms with Crippen molar-refractivity contribution in [3.63, 3.8) is 0 Å². The average Bonchev–Trinajstić information content (AvgIpc) is 3.39. The van der Waals surface area contributed by atoms with Crippen LogP contribution in [0.3, 0.4) is 0 Å². The van der Waals surface area contributed by atoms with E-state index >= 15 is 4.39 Å². The number of aliphatic hydroxyl groups excluding tert-OH is 1. The van der Waals surface area contributed by atoms with Crippen LogP contribution in [0.4, 0.5) is 9.18 Å². The third kappa shape index (κ3) is 8.44. The van der Waals surface area contributed by atoms with E-state index in [0.717, 1.165) is 0 Å². The normalized spacial score (nSPS) is 30.3. The number of allylic oxidation sites excluding steroid dienone is 4. The van der Waals surface area contributed by atoms with Crippen molar-refractivity contribution in [3.8, 4) is 11.5 Å². The molecule has 2 unspecified atom stereocenters. The number of rotatable bonds is 18. The lowest BCUT2D eigenvalue weighted by molar-refractivity contribution is -0.757. The zero-order chi connectivity index (χ0) is 43.3. The van der Waals surface area contributed by atoms with Crippen molar-refractivity contribution in [2.45, 2.75) is 89.5 Å². The highest BCUT2D eigenvalue weighted by Crippen LogP contribution is 2.71. The molecule has 2 fully saturated rings. The monoisotopic (exact) mass is 834 g/mol. The molecule has 2 saturated carbocycles. The van der Waals surface area contributed by atoms with Crippen LogP contribution in [-0.4, -0.2) is 95.9 Å². The topological polar surface area (TPSA) is 256 Å². The second-order valence-electron chi connectivity index (χ2n) is 15.6. The lowest BCUT2D eigenvalue weighted by Gasteiger charge is -2.62. The molecule has 8 atom stereocenters. The first-order valence-corrected chi connectivity index (χ1v) is 19.1.